The van der Waals surface area contributed by atoms with Gasteiger partial charge in [0.25, 0.3) is 0 Å². The van der Waals surface area contributed by atoms with Gasteiger partial charge in [0, 0.05) is 10.6 Å². The topological polar surface area (TPSA) is 49.3 Å². The van der Waals surface area contributed by atoms with Gasteiger partial charge in [-0.1, -0.05) is 6.07 Å². The number of carbonyl (C=O) groups is 1. The molecule has 0 spiro atoms. The van der Waals surface area contributed by atoms with Gasteiger partial charge in [-0.3, -0.25) is 4.79 Å². The maximum atomic E-state index is 11.7. The molecule has 0 unspecified atom stereocenters. The highest BCUT2D eigenvalue weighted by Crippen LogP contribution is 2.31. The highest BCUT2D eigenvalue weighted by molar-refractivity contribution is 7.99. The monoisotopic (exact) mass is 271 g/mol. The van der Waals surface area contributed by atoms with E-state index in [0.29, 0.717) is 5.75 Å². The molecule has 0 saturated heterocycles. The largest absolute Gasteiger partial charge is 0.394 e. The standard InChI is InChI=1S/C12H17NO2S2/c14-9-12(4-2-5-12)13-11(15)8-16-7-10-3-1-6-17-10/h1,3,6,14H,2,4-5,7-9H2,(H,13,15). The Morgan fingerprint density at radius 2 is 2.41 bits per heavy atom. The Bertz CT molecular complexity index is 355. The molecule has 1 aliphatic carbocycles. The Morgan fingerprint density at radius 3 is 2.94 bits per heavy atom. The number of amides is 1. The van der Waals surface area contributed by atoms with Gasteiger partial charge in [-0.25, -0.2) is 0 Å². The first-order chi connectivity index (χ1) is 8.24. The summed E-state index contributed by atoms with van der Waals surface area (Å²) in [5.41, 5.74) is -0.305. The molecular weight excluding hydrogens is 254 g/mol. The lowest BCUT2D eigenvalue weighted by atomic mass is 9.77. The number of hydrogen-bond acceptors (Lipinski definition) is 4. The minimum atomic E-state index is -0.305. The van der Waals surface area contributed by atoms with Crippen LogP contribution in [0.25, 0.3) is 0 Å². The SMILES string of the molecule is O=C(CSCc1cccs1)NC1(CO)CCC1. The zero-order valence-electron chi connectivity index (χ0n) is 9.65. The molecule has 1 aliphatic rings. The fraction of sp³-hybridized carbons (Fsp3) is 0.583. The van der Waals surface area contributed by atoms with E-state index >= 15 is 0 Å². The van der Waals surface area contributed by atoms with Crippen molar-refractivity contribution in [2.24, 2.45) is 0 Å². The highest BCUT2D eigenvalue weighted by atomic mass is 32.2. The molecule has 2 N–H and O–H groups in total. The van der Waals surface area contributed by atoms with Crippen molar-refractivity contribution < 1.29 is 9.90 Å². The molecule has 17 heavy (non-hydrogen) atoms. The average molecular weight is 271 g/mol. The molecule has 1 aromatic heterocycles. The summed E-state index contributed by atoms with van der Waals surface area (Å²) in [6, 6.07) is 4.10. The summed E-state index contributed by atoms with van der Waals surface area (Å²) in [6.45, 7) is 0.0638. The molecule has 94 valence electrons. The molecule has 1 saturated carbocycles. The maximum absolute atomic E-state index is 11.7. The number of aliphatic hydroxyl groups excluding tert-OH is 1. The lowest BCUT2D eigenvalue weighted by Gasteiger charge is -2.40. The molecule has 0 radical (unpaired) electrons. The molecule has 2 rings (SSSR count). The van der Waals surface area contributed by atoms with Crippen molar-refractivity contribution in [2.45, 2.75) is 30.6 Å². The fourth-order valence-electron chi connectivity index (χ4n) is 1.90. The van der Waals surface area contributed by atoms with Crippen LogP contribution in [-0.2, 0) is 10.5 Å². The second-order valence-corrected chi connectivity index (χ2v) is 6.43. The molecule has 1 fully saturated rings. The molecule has 1 amide bonds. The van der Waals surface area contributed by atoms with Crippen LogP contribution in [0.15, 0.2) is 17.5 Å². The molecule has 3 nitrogen and oxygen atoms in total. The summed E-state index contributed by atoms with van der Waals surface area (Å²) in [6.07, 6.45) is 2.92. The normalized spacial score (nSPS) is 17.5. The van der Waals surface area contributed by atoms with Gasteiger partial charge in [0.05, 0.1) is 17.9 Å². The highest BCUT2D eigenvalue weighted by Gasteiger charge is 2.37. The number of hydrogen-bond donors (Lipinski definition) is 2. The van der Waals surface area contributed by atoms with Gasteiger partial charge >= 0.3 is 0 Å². The number of nitrogens with one attached hydrogen (secondary N) is 1. The first kappa shape index (κ1) is 12.9. The van der Waals surface area contributed by atoms with E-state index in [1.807, 2.05) is 11.4 Å². The quantitative estimate of drug-likeness (QED) is 0.832. The van der Waals surface area contributed by atoms with Crippen molar-refractivity contribution in [3.8, 4) is 0 Å². The number of thiophene rings is 1. The van der Waals surface area contributed by atoms with Crippen LogP contribution in [0.2, 0.25) is 0 Å². The Hall–Kier alpha value is -0.520. The van der Waals surface area contributed by atoms with Gasteiger partial charge in [-0.2, -0.15) is 0 Å². The molecule has 0 aromatic carbocycles. The van der Waals surface area contributed by atoms with Gasteiger partial charge in [-0.05, 0) is 30.7 Å². The van der Waals surface area contributed by atoms with Crippen LogP contribution in [0.3, 0.4) is 0 Å². The van der Waals surface area contributed by atoms with E-state index in [-0.39, 0.29) is 18.1 Å². The van der Waals surface area contributed by atoms with Crippen molar-refractivity contribution in [1.29, 1.82) is 0 Å². The van der Waals surface area contributed by atoms with Crippen LogP contribution in [0, 0.1) is 0 Å². The third-order valence-electron chi connectivity index (χ3n) is 3.08. The summed E-state index contributed by atoms with van der Waals surface area (Å²) in [5, 5.41) is 14.2. The minimum Gasteiger partial charge on any atom is -0.394 e. The van der Waals surface area contributed by atoms with Crippen LogP contribution < -0.4 is 5.32 Å². The Labute approximate surface area is 110 Å². The second kappa shape index (κ2) is 5.89. The number of carbonyl (C=O) groups excluding carboxylic acids is 1. The average Bonchev–Trinajstić information content (AvgIpc) is 2.76. The van der Waals surface area contributed by atoms with Crippen LogP contribution in [0.5, 0.6) is 0 Å². The molecular formula is C12H17NO2S2. The molecule has 5 heteroatoms. The van der Waals surface area contributed by atoms with E-state index in [2.05, 4.69) is 11.4 Å². The van der Waals surface area contributed by atoms with Crippen molar-refractivity contribution in [1.82, 2.24) is 5.32 Å². The Balaban J connectivity index is 1.67. The summed E-state index contributed by atoms with van der Waals surface area (Å²) in [7, 11) is 0. The Morgan fingerprint density at radius 1 is 1.59 bits per heavy atom. The van der Waals surface area contributed by atoms with Gasteiger partial charge < -0.3 is 10.4 Å². The lowest BCUT2D eigenvalue weighted by molar-refractivity contribution is -0.122. The van der Waals surface area contributed by atoms with Gasteiger partial charge in [0.15, 0.2) is 0 Å². The number of rotatable bonds is 6. The number of thioether (sulfide) groups is 1. The molecule has 0 bridgehead atoms. The van der Waals surface area contributed by atoms with E-state index in [1.165, 1.54) is 4.88 Å². The zero-order chi connectivity index (χ0) is 12.1. The molecule has 1 heterocycles. The summed E-state index contributed by atoms with van der Waals surface area (Å²) in [5.74, 6) is 1.40. The molecule has 0 aliphatic heterocycles. The van der Waals surface area contributed by atoms with Crippen LogP contribution in [0.1, 0.15) is 24.1 Å². The van der Waals surface area contributed by atoms with Crippen molar-refractivity contribution in [3.63, 3.8) is 0 Å². The van der Waals surface area contributed by atoms with E-state index in [4.69, 9.17) is 0 Å². The van der Waals surface area contributed by atoms with Crippen LogP contribution in [-0.4, -0.2) is 28.9 Å². The predicted octanol–water partition coefficient (Wildman–Crippen LogP) is 2.01. The van der Waals surface area contributed by atoms with E-state index in [1.54, 1.807) is 23.1 Å². The molecule has 0 atom stereocenters. The van der Waals surface area contributed by atoms with Crippen LogP contribution in [0.4, 0.5) is 0 Å². The molecule has 1 aromatic rings. The van der Waals surface area contributed by atoms with Crippen LogP contribution >= 0.6 is 23.1 Å². The first-order valence-electron chi connectivity index (χ1n) is 5.76. The summed E-state index contributed by atoms with van der Waals surface area (Å²) < 4.78 is 0. The summed E-state index contributed by atoms with van der Waals surface area (Å²) >= 11 is 3.34. The lowest BCUT2D eigenvalue weighted by Crippen LogP contribution is -2.56. The smallest absolute Gasteiger partial charge is 0.230 e. The second-order valence-electron chi connectivity index (χ2n) is 4.41. The predicted molar refractivity (Wildman–Crippen MR) is 72.3 cm³/mol. The van der Waals surface area contributed by atoms with E-state index in [9.17, 15) is 9.90 Å². The maximum Gasteiger partial charge on any atom is 0.230 e. The third kappa shape index (κ3) is 3.47. The van der Waals surface area contributed by atoms with Crippen molar-refractivity contribution in [3.05, 3.63) is 22.4 Å². The third-order valence-corrected chi connectivity index (χ3v) is 5.12. The Kier molecular flexibility index (Phi) is 4.48. The number of aliphatic hydroxyl groups is 1. The van der Waals surface area contributed by atoms with Gasteiger partial charge in [0.2, 0.25) is 5.91 Å². The van der Waals surface area contributed by atoms with Gasteiger partial charge in [0.1, 0.15) is 0 Å². The van der Waals surface area contributed by atoms with E-state index < -0.39 is 0 Å². The van der Waals surface area contributed by atoms with Crippen molar-refractivity contribution >= 4 is 29.0 Å². The van der Waals surface area contributed by atoms with Gasteiger partial charge in [-0.15, -0.1) is 23.1 Å². The van der Waals surface area contributed by atoms with Crippen molar-refractivity contribution in [2.75, 3.05) is 12.4 Å². The fourth-order valence-corrected chi connectivity index (χ4v) is 3.57. The zero-order valence-corrected chi connectivity index (χ0v) is 11.3. The first-order valence-corrected chi connectivity index (χ1v) is 7.79. The van der Waals surface area contributed by atoms with E-state index in [0.717, 1.165) is 25.0 Å². The summed E-state index contributed by atoms with van der Waals surface area (Å²) in [4.78, 5) is 13.0. The minimum absolute atomic E-state index is 0.0420.